The number of sulfonamides is 1. The van der Waals surface area contributed by atoms with Crippen LogP contribution < -0.4 is 4.72 Å². The SMILES string of the molecule is O=C(NS(=O)(=O)c1cccc(Br)c1)c1cc(I)cc(I)c1I. The van der Waals surface area contributed by atoms with E-state index in [0.717, 1.165) is 10.7 Å². The van der Waals surface area contributed by atoms with Gasteiger partial charge in [-0.05, 0) is 98.1 Å². The van der Waals surface area contributed by atoms with Gasteiger partial charge in [-0.25, -0.2) is 13.1 Å². The van der Waals surface area contributed by atoms with Crippen LogP contribution in [-0.2, 0) is 10.0 Å². The quantitative estimate of drug-likeness (QED) is 0.379. The van der Waals surface area contributed by atoms with Crippen molar-refractivity contribution in [3.8, 4) is 0 Å². The highest BCUT2D eigenvalue weighted by molar-refractivity contribution is 14.1. The van der Waals surface area contributed by atoms with Gasteiger partial charge in [-0.3, -0.25) is 4.79 Å². The van der Waals surface area contributed by atoms with Gasteiger partial charge in [-0.15, -0.1) is 0 Å². The Morgan fingerprint density at radius 3 is 2.41 bits per heavy atom. The van der Waals surface area contributed by atoms with Gasteiger partial charge < -0.3 is 0 Å². The van der Waals surface area contributed by atoms with E-state index in [4.69, 9.17) is 0 Å². The highest BCUT2D eigenvalue weighted by Gasteiger charge is 2.21. The molecule has 0 aliphatic heterocycles. The zero-order chi connectivity index (χ0) is 16.5. The largest absolute Gasteiger partial charge is 0.268 e. The minimum Gasteiger partial charge on any atom is -0.268 e. The Morgan fingerprint density at radius 1 is 1.09 bits per heavy atom. The number of carbonyl (C=O) groups is 1. The highest BCUT2D eigenvalue weighted by atomic mass is 127. The number of rotatable bonds is 3. The lowest BCUT2D eigenvalue weighted by molar-refractivity contribution is 0.0980. The van der Waals surface area contributed by atoms with Crippen molar-refractivity contribution in [2.24, 2.45) is 0 Å². The Labute approximate surface area is 177 Å². The standard InChI is InChI=1S/C13H7BrI3NO3S/c14-7-2-1-3-9(4-7)22(20,21)18-13(19)10-5-8(15)6-11(16)12(10)17/h1-6H,(H,18,19). The first-order valence-corrected chi connectivity index (χ1v) is 11.2. The summed E-state index contributed by atoms with van der Waals surface area (Å²) >= 11 is 9.46. The van der Waals surface area contributed by atoms with Gasteiger partial charge in [0, 0.05) is 15.2 Å². The van der Waals surface area contributed by atoms with Crippen molar-refractivity contribution < 1.29 is 13.2 Å². The Morgan fingerprint density at radius 2 is 1.77 bits per heavy atom. The van der Waals surface area contributed by atoms with Crippen LogP contribution in [0.15, 0.2) is 45.8 Å². The highest BCUT2D eigenvalue weighted by Crippen LogP contribution is 2.23. The summed E-state index contributed by atoms with van der Waals surface area (Å²) in [4.78, 5) is 12.4. The summed E-state index contributed by atoms with van der Waals surface area (Å²) < 4.78 is 29.8. The van der Waals surface area contributed by atoms with Crippen LogP contribution >= 0.6 is 83.7 Å². The molecule has 0 saturated carbocycles. The minimum absolute atomic E-state index is 0.0329. The normalized spacial score (nSPS) is 11.3. The third-order valence-corrected chi connectivity index (χ3v) is 8.06. The lowest BCUT2D eigenvalue weighted by Crippen LogP contribution is -2.31. The molecule has 1 amide bonds. The van der Waals surface area contributed by atoms with Crippen LogP contribution in [0.5, 0.6) is 0 Å². The summed E-state index contributed by atoms with van der Waals surface area (Å²) in [5.41, 5.74) is 0.343. The molecule has 9 heteroatoms. The Balaban J connectivity index is 2.37. The maximum Gasteiger partial charge on any atom is 0.266 e. The molecule has 0 spiro atoms. The van der Waals surface area contributed by atoms with Crippen LogP contribution in [-0.4, -0.2) is 14.3 Å². The van der Waals surface area contributed by atoms with Crippen LogP contribution in [0.4, 0.5) is 0 Å². The van der Waals surface area contributed by atoms with Crippen LogP contribution in [0.25, 0.3) is 0 Å². The first-order valence-electron chi connectivity index (χ1n) is 5.68. The summed E-state index contributed by atoms with van der Waals surface area (Å²) in [6.45, 7) is 0. The van der Waals surface area contributed by atoms with Gasteiger partial charge in [-0.2, -0.15) is 0 Å². The summed E-state index contributed by atoms with van der Waals surface area (Å²) in [5, 5.41) is 0. The first kappa shape index (κ1) is 18.9. The van der Waals surface area contributed by atoms with Crippen molar-refractivity contribution >= 4 is 99.6 Å². The number of hydrogen-bond donors (Lipinski definition) is 1. The number of amides is 1. The van der Waals surface area contributed by atoms with E-state index in [1.807, 2.05) is 28.7 Å². The zero-order valence-electron chi connectivity index (χ0n) is 10.6. The van der Waals surface area contributed by atoms with Gasteiger partial charge in [0.25, 0.3) is 15.9 Å². The fraction of sp³-hybridized carbons (Fsp3) is 0. The molecule has 2 aromatic carbocycles. The van der Waals surface area contributed by atoms with Crippen molar-refractivity contribution in [3.63, 3.8) is 0 Å². The topological polar surface area (TPSA) is 63.2 Å². The van der Waals surface area contributed by atoms with Gasteiger partial charge in [0.2, 0.25) is 0 Å². The zero-order valence-corrected chi connectivity index (χ0v) is 19.5. The summed E-state index contributed by atoms with van der Waals surface area (Å²) in [5.74, 6) is -0.638. The molecule has 0 aromatic heterocycles. The maximum absolute atomic E-state index is 12.3. The molecule has 0 bridgehead atoms. The van der Waals surface area contributed by atoms with Gasteiger partial charge in [-0.1, -0.05) is 22.0 Å². The van der Waals surface area contributed by atoms with Crippen molar-refractivity contribution in [2.45, 2.75) is 4.90 Å². The molecule has 1 N–H and O–H groups in total. The fourth-order valence-electron chi connectivity index (χ4n) is 1.59. The van der Waals surface area contributed by atoms with E-state index < -0.39 is 15.9 Å². The van der Waals surface area contributed by atoms with Crippen molar-refractivity contribution in [3.05, 3.63) is 57.1 Å². The second-order valence-corrected chi connectivity index (χ2v) is 10.2. The molecule has 0 aliphatic rings. The van der Waals surface area contributed by atoms with Crippen LogP contribution in [0.2, 0.25) is 0 Å². The van der Waals surface area contributed by atoms with E-state index in [1.54, 1.807) is 18.2 Å². The molecule has 0 fully saturated rings. The van der Waals surface area contributed by atoms with E-state index in [1.165, 1.54) is 12.1 Å². The lowest BCUT2D eigenvalue weighted by atomic mass is 10.2. The smallest absolute Gasteiger partial charge is 0.266 e. The van der Waals surface area contributed by atoms with E-state index in [9.17, 15) is 13.2 Å². The van der Waals surface area contributed by atoms with Crippen LogP contribution in [0.3, 0.4) is 0 Å². The second kappa shape index (κ2) is 7.61. The number of carbonyl (C=O) groups excluding carboxylic acids is 1. The Bertz CT molecular complexity index is 856. The number of benzene rings is 2. The molecule has 116 valence electrons. The maximum atomic E-state index is 12.3. The molecule has 0 radical (unpaired) electrons. The van der Waals surface area contributed by atoms with Crippen LogP contribution in [0.1, 0.15) is 10.4 Å². The lowest BCUT2D eigenvalue weighted by Gasteiger charge is -2.10. The third kappa shape index (κ3) is 4.54. The predicted octanol–water partition coefficient (Wildman–Crippen LogP) is 4.38. The molecule has 0 atom stereocenters. The molecule has 22 heavy (non-hydrogen) atoms. The molecular formula is C13H7BrI3NO3S. The molecule has 2 aromatic rings. The van der Waals surface area contributed by atoms with Gasteiger partial charge in [0.15, 0.2) is 0 Å². The predicted molar refractivity (Wildman–Crippen MR) is 113 cm³/mol. The summed E-state index contributed by atoms with van der Waals surface area (Å²) in [7, 11) is -3.91. The average Bonchev–Trinajstić information content (AvgIpc) is 2.42. The summed E-state index contributed by atoms with van der Waals surface area (Å²) in [6.07, 6.45) is 0. The number of hydrogen-bond acceptors (Lipinski definition) is 3. The number of halogens is 4. The summed E-state index contributed by atoms with van der Waals surface area (Å²) in [6, 6.07) is 9.77. The molecule has 4 nitrogen and oxygen atoms in total. The second-order valence-electron chi connectivity index (χ2n) is 4.14. The monoisotopic (exact) mass is 717 g/mol. The fourth-order valence-corrected chi connectivity index (χ4v) is 5.55. The molecule has 0 aliphatic carbocycles. The van der Waals surface area contributed by atoms with Crippen LogP contribution in [0, 0.1) is 10.7 Å². The Hall–Kier alpha value is 0.530. The van der Waals surface area contributed by atoms with Gasteiger partial charge in [0.1, 0.15) is 0 Å². The van der Waals surface area contributed by atoms with E-state index in [-0.39, 0.29) is 4.90 Å². The van der Waals surface area contributed by atoms with Crippen molar-refractivity contribution in [1.82, 2.24) is 4.72 Å². The molecule has 0 heterocycles. The molecule has 0 saturated heterocycles. The molecular weight excluding hydrogens is 711 g/mol. The van der Waals surface area contributed by atoms with E-state index >= 15 is 0 Å². The molecule has 0 unspecified atom stereocenters. The van der Waals surface area contributed by atoms with E-state index in [2.05, 4.69) is 65.8 Å². The first-order chi connectivity index (χ1) is 10.2. The van der Waals surface area contributed by atoms with Gasteiger partial charge in [0.05, 0.1) is 10.5 Å². The van der Waals surface area contributed by atoms with Crippen molar-refractivity contribution in [2.75, 3.05) is 0 Å². The van der Waals surface area contributed by atoms with Gasteiger partial charge >= 0.3 is 0 Å². The Kier molecular flexibility index (Phi) is 6.53. The van der Waals surface area contributed by atoms with E-state index in [0.29, 0.717) is 10.0 Å². The number of nitrogens with one attached hydrogen (secondary N) is 1. The third-order valence-electron chi connectivity index (χ3n) is 2.57. The van der Waals surface area contributed by atoms with Crippen molar-refractivity contribution in [1.29, 1.82) is 0 Å². The molecule has 2 rings (SSSR count). The average molecular weight is 718 g/mol. The minimum atomic E-state index is -3.91.